The Balaban J connectivity index is 2.42. The highest BCUT2D eigenvalue weighted by atomic mass is 35.5. The average Bonchev–Trinajstić information content (AvgIpc) is 2.37. The van der Waals surface area contributed by atoms with Gasteiger partial charge in [0.25, 0.3) is 5.91 Å². The molecule has 0 aliphatic heterocycles. The van der Waals surface area contributed by atoms with Crippen LogP contribution in [0.2, 0.25) is 5.02 Å². The van der Waals surface area contributed by atoms with Gasteiger partial charge in [-0.05, 0) is 24.3 Å². The molecule has 0 aliphatic rings. The number of sulfonamides is 1. The Bertz CT molecular complexity index is 786. The monoisotopic (exact) mass is 325 g/mol. The number of hydrogen-bond acceptors (Lipinski definition) is 4. The number of benzene rings is 2. The van der Waals surface area contributed by atoms with Crippen LogP contribution < -0.4 is 16.2 Å². The van der Waals surface area contributed by atoms with Crippen molar-refractivity contribution >= 4 is 38.9 Å². The van der Waals surface area contributed by atoms with Gasteiger partial charge in [0.15, 0.2) is 0 Å². The lowest BCUT2D eigenvalue weighted by Crippen LogP contribution is -2.19. The maximum atomic E-state index is 12.2. The molecule has 2 aromatic carbocycles. The summed E-state index contributed by atoms with van der Waals surface area (Å²) in [6.07, 6.45) is 0. The Labute approximate surface area is 126 Å². The zero-order valence-corrected chi connectivity index (χ0v) is 12.3. The van der Waals surface area contributed by atoms with E-state index in [1.807, 2.05) is 0 Å². The summed E-state index contributed by atoms with van der Waals surface area (Å²) in [6.45, 7) is 0. The minimum absolute atomic E-state index is 0.0596. The van der Waals surface area contributed by atoms with Gasteiger partial charge in [0, 0.05) is 5.69 Å². The van der Waals surface area contributed by atoms with Crippen molar-refractivity contribution in [1.82, 2.24) is 0 Å². The van der Waals surface area contributed by atoms with Crippen LogP contribution in [0, 0.1) is 0 Å². The van der Waals surface area contributed by atoms with Crippen molar-refractivity contribution in [3.05, 3.63) is 53.1 Å². The Morgan fingerprint density at radius 3 is 2.38 bits per heavy atom. The van der Waals surface area contributed by atoms with Crippen LogP contribution in [0.3, 0.4) is 0 Å². The summed E-state index contributed by atoms with van der Waals surface area (Å²) < 4.78 is 23.0. The van der Waals surface area contributed by atoms with Gasteiger partial charge in [-0.2, -0.15) is 0 Å². The molecule has 5 N–H and O–H groups in total. The van der Waals surface area contributed by atoms with Crippen LogP contribution in [0.25, 0.3) is 0 Å². The number of amides is 1. The van der Waals surface area contributed by atoms with Crippen LogP contribution in [-0.4, -0.2) is 14.3 Å². The van der Waals surface area contributed by atoms with Crippen molar-refractivity contribution in [3.8, 4) is 0 Å². The quantitative estimate of drug-likeness (QED) is 0.746. The molecule has 0 unspecified atom stereocenters. The van der Waals surface area contributed by atoms with E-state index in [-0.39, 0.29) is 26.9 Å². The number of hydrogen-bond donors (Lipinski definition) is 3. The smallest absolute Gasteiger partial charge is 0.259 e. The number of halogens is 1. The summed E-state index contributed by atoms with van der Waals surface area (Å²) in [7, 11) is -3.96. The van der Waals surface area contributed by atoms with E-state index >= 15 is 0 Å². The number of nitrogens with one attached hydrogen (secondary N) is 1. The number of anilines is 2. The van der Waals surface area contributed by atoms with Crippen LogP contribution in [0.15, 0.2) is 47.4 Å². The predicted octanol–water partition coefficient (Wildman–Crippen LogP) is 1.82. The molecule has 0 spiro atoms. The second-order valence-electron chi connectivity index (χ2n) is 4.20. The largest absolute Gasteiger partial charge is 0.398 e. The molecule has 0 aromatic heterocycles. The summed E-state index contributed by atoms with van der Waals surface area (Å²) in [4.78, 5) is 12.0. The molecule has 0 saturated heterocycles. The lowest BCUT2D eigenvalue weighted by molar-refractivity contribution is 0.102. The van der Waals surface area contributed by atoms with E-state index in [1.165, 1.54) is 30.3 Å². The van der Waals surface area contributed by atoms with Gasteiger partial charge in [-0.1, -0.05) is 29.8 Å². The molecule has 21 heavy (non-hydrogen) atoms. The molecule has 0 heterocycles. The van der Waals surface area contributed by atoms with Gasteiger partial charge in [-0.3, -0.25) is 4.79 Å². The molecular weight excluding hydrogens is 314 g/mol. The first-order valence-corrected chi connectivity index (χ1v) is 7.70. The Morgan fingerprint density at radius 1 is 1.10 bits per heavy atom. The molecular formula is C13H12ClN3O3S. The normalized spacial score (nSPS) is 11.1. The molecule has 110 valence electrons. The van der Waals surface area contributed by atoms with E-state index in [0.717, 1.165) is 0 Å². The molecule has 2 rings (SSSR count). The predicted molar refractivity (Wildman–Crippen MR) is 81.6 cm³/mol. The highest BCUT2D eigenvalue weighted by Crippen LogP contribution is 2.25. The molecule has 0 bridgehead atoms. The van der Waals surface area contributed by atoms with Gasteiger partial charge in [0.2, 0.25) is 10.0 Å². The second-order valence-corrected chi connectivity index (χ2v) is 6.14. The van der Waals surface area contributed by atoms with Crippen molar-refractivity contribution < 1.29 is 13.2 Å². The van der Waals surface area contributed by atoms with Crippen molar-refractivity contribution in [2.75, 3.05) is 11.1 Å². The lowest BCUT2D eigenvalue weighted by Gasteiger charge is -2.11. The second kappa shape index (κ2) is 5.72. The molecule has 1 amide bonds. The Hall–Kier alpha value is -2.09. The first-order chi connectivity index (χ1) is 9.80. The first-order valence-electron chi connectivity index (χ1n) is 5.78. The Morgan fingerprint density at radius 2 is 1.76 bits per heavy atom. The zero-order chi connectivity index (χ0) is 15.6. The van der Waals surface area contributed by atoms with Crippen molar-refractivity contribution in [2.24, 2.45) is 5.14 Å². The van der Waals surface area contributed by atoms with Gasteiger partial charge in [0.05, 0.1) is 16.3 Å². The van der Waals surface area contributed by atoms with Gasteiger partial charge < -0.3 is 11.1 Å². The minimum atomic E-state index is -3.96. The fourth-order valence-electron chi connectivity index (χ4n) is 1.78. The molecule has 0 aliphatic carbocycles. The van der Waals surface area contributed by atoms with Crippen molar-refractivity contribution in [2.45, 2.75) is 4.90 Å². The van der Waals surface area contributed by atoms with Crippen LogP contribution in [0.5, 0.6) is 0 Å². The maximum absolute atomic E-state index is 12.2. The van der Waals surface area contributed by atoms with E-state index in [1.54, 1.807) is 12.1 Å². The number of nitrogens with two attached hydrogens (primary N) is 2. The van der Waals surface area contributed by atoms with Crippen LogP contribution in [-0.2, 0) is 10.0 Å². The third-order valence-electron chi connectivity index (χ3n) is 2.71. The van der Waals surface area contributed by atoms with Gasteiger partial charge in [0.1, 0.15) is 4.90 Å². The number of rotatable bonds is 3. The van der Waals surface area contributed by atoms with E-state index in [2.05, 4.69) is 5.32 Å². The van der Waals surface area contributed by atoms with E-state index in [9.17, 15) is 13.2 Å². The van der Waals surface area contributed by atoms with E-state index in [0.29, 0.717) is 0 Å². The number of primary sulfonamides is 1. The summed E-state index contributed by atoms with van der Waals surface area (Å²) in [5, 5.41) is 7.72. The molecule has 8 heteroatoms. The fraction of sp³-hybridized carbons (Fsp3) is 0. The fourth-order valence-corrected chi connectivity index (χ4v) is 2.74. The minimum Gasteiger partial charge on any atom is -0.398 e. The lowest BCUT2D eigenvalue weighted by atomic mass is 10.1. The standard InChI is InChI=1S/C13H12ClN3O3S/c14-8-4-3-5-9(15)12(8)13(18)17-10-6-1-2-7-11(10)21(16,19)20/h1-7H,15H2,(H,17,18)(H2,16,19,20). The van der Waals surface area contributed by atoms with Crippen LogP contribution in [0.4, 0.5) is 11.4 Å². The maximum Gasteiger partial charge on any atom is 0.259 e. The average molecular weight is 326 g/mol. The summed E-state index contributed by atoms with van der Waals surface area (Å²) in [6, 6.07) is 10.4. The third kappa shape index (κ3) is 3.33. The van der Waals surface area contributed by atoms with Crippen molar-refractivity contribution in [1.29, 1.82) is 0 Å². The highest BCUT2D eigenvalue weighted by Gasteiger charge is 2.18. The molecule has 2 aromatic rings. The topological polar surface area (TPSA) is 115 Å². The Kier molecular flexibility index (Phi) is 4.17. The summed E-state index contributed by atoms with van der Waals surface area (Å²) >= 11 is 5.94. The van der Waals surface area contributed by atoms with E-state index in [4.69, 9.17) is 22.5 Å². The highest BCUT2D eigenvalue weighted by molar-refractivity contribution is 7.89. The third-order valence-corrected chi connectivity index (χ3v) is 4.00. The van der Waals surface area contributed by atoms with Gasteiger partial charge in [-0.25, -0.2) is 13.6 Å². The van der Waals surface area contributed by atoms with Crippen LogP contribution in [0.1, 0.15) is 10.4 Å². The number of carbonyl (C=O) groups excluding carboxylic acids is 1. The molecule has 0 atom stereocenters. The first kappa shape index (κ1) is 15.3. The molecule has 6 nitrogen and oxygen atoms in total. The number of nitrogen functional groups attached to an aromatic ring is 1. The summed E-state index contributed by atoms with van der Waals surface area (Å²) in [5.74, 6) is -0.616. The SMILES string of the molecule is Nc1cccc(Cl)c1C(=O)Nc1ccccc1S(N)(=O)=O. The molecule has 0 fully saturated rings. The zero-order valence-electron chi connectivity index (χ0n) is 10.7. The van der Waals surface area contributed by atoms with Gasteiger partial charge in [-0.15, -0.1) is 0 Å². The van der Waals surface area contributed by atoms with Crippen LogP contribution >= 0.6 is 11.6 Å². The van der Waals surface area contributed by atoms with Crippen molar-refractivity contribution in [3.63, 3.8) is 0 Å². The molecule has 0 radical (unpaired) electrons. The summed E-state index contributed by atoms with van der Waals surface area (Å²) in [5.41, 5.74) is 6.03. The van der Waals surface area contributed by atoms with E-state index < -0.39 is 15.9 Å². The number of para-hydroxylation sites is 1. The number of carbonyl (C=O) groups is 1. The van der Waals surface area contributed by atoms with Gasteiger partial charge >= 0.3 is 0 Å². The molecule has 0 saturated carbocycles.